The summed E-state index contributed by atoms with van der Waals surface area (Å²) in [7, 11) is 3.10. The highest BCUT2D eigenvalue weighted by atomic mass is 16.5. The molecule has 0 unspecified atom stereocenters. The Kier molecular flexibility index (Phi) is 4.47. The molecule has 0 aliphatic carbocycles. The first-order valence-corrected chi connectivity index (χ1v) is 8.99. The Bertz CT molecular complexity index is 1260. The molecule has 2 aromatic carbocycles. The molecule has 0 bridgehead atoms. The highest BCUT2D eigenvalue weighted by Crippen LogP contribution is 2.30. The molecule has 2 aromatic heterocycles. The number of hydrogen-bond acceptors (Lipinski definition) is 5. The standard InChI is InChI=1S/C22H21N3O3/c1-12-5-13(2)21-15(6-12)7-14(11-23-21)8-20-24-17-10-19(28-4)18(27-3)9-16(17)22(26)25-20/h5-7,9-11H,8H2,1-4H3,(H,24,25,26). The number of fused-ring (bicyclic) bond motifs is 2. The third-order valence-corrected chi connectivity index (χ3v) is 4.81. The van der Waals surface area contributed by atoms with Gasteiger partial charge >= 0.3 is 0 Å². The molecule has 0 aliphatic rings. The number of aromatic amines is 1. The fourth-order valence-electron chi connectivity index (χ4n) is 3.55. The minimum atomic E-state index is -0.207. The monoisotopic (exact) mass is 375 g/mol. The van der Waals surface area contributed by atoms with Gasteiger partial charge in [-0.2, -0.15) is 0 Å². The van der Waals surface area contributed by atoms with Crippen LogP contribution in [0.15, 0.2) is 41.3 Å². The van der Waals surface area contributed by atoms with E-state index in [9.17, 15) is 4.79 Å². The number of hydrogen-bond donors (Lipinski definition) is 1. The van der Waals surface area contributed by atoms with Crippen LogP contribution in [0.5, 0.6) is 11.5 Å². The van der Waals surface area contributed by atoms with Gasteiger partial charge in [-0.1, -0.05) is 11.6 Å². The van der Waals surface area contributed by atoms with Gasteiger partial charge in [0.1, 0.15) is 5.82 Å². The first kappa shape index (κ1) is 18.0. The number of ether oxygens (including phenoxy) is 2. The second-order valence-corrected chi connectivity index (χ2v) is 6.91. The third kappa shape index (κ3) is 3.17. The fraction of sp³-hybridized carbons (Fsp3) is 0.227. The smallest absolute Gasteiger partial charge is 0.258 e. The van der Waals surface area contributed by atoms with Crippen LogP contribution in [0.2, 0.25) is 0 Å². The summed E-state index contributed by atoms with van der Waals surface area (Å²) in [5.74, 6) is 1.62. The van der Waals surface area contributed by atoms with E-state index in [2.05, 4.69) is 47.0 Å². The molecule has 1 N–H and O–H groups in total. The van der Waals surface area contributed by atoms with Gasteiger partial charge in [0.2, 0.25) is 0 Å². The van der Waals surface area contributed by atoms with E-state index < -0.39 is 0 Å². The molecular weight excluding hydrogens is 354 g/mol. The van der Waals surface area contributed by atoms with Gasteiger partial charge in [-0.05, 0) is 43.2 Å². The number of aryl methyl sites for hydroxylation is 2. The lowest BCUT2D eigenvalue weighted by molar-refractivity contribution is 0.355. The van der Waals surface area contributed by atoms with E-state index in [1.165, 1.54) is 12.7 Å². The van der Waals surface area contributed by atoms with Crippen molar-refractivity contribution < 1.29 is 9.47 Å². The number of aromatic nitrogens is 3. The van der Waals surface area contributed by atoms with Crippen LogP contribution in [0, 0.1) is 13.8 Å². The predicted molar refractivity (Wildman–Crippen MR) is 109 cm³/mol. The van der Waals surface area contributed by atoms with Crippen LogP contribution < -0.4 is 15.0 Å². The average Bonchev–Trinajstić information content (AvgIpc) is 2.66. The zero-order valence-electron chi connectivity index (χ0n) is 16.3. The molecule has 0 saturated heterocycles. The molecule has 4 aromatic rings. The highest BCUT2D eigenvalue weighted by molar-refractivity contribution is 5.83. The molecule has 4 rings (SSSR count). The molecule has 142 valence electrons. The second-order valence-electron chi connectivity index (χ2n) is 6.91. The van der Waals surface area contributed by atoms with Crippen LogP contribution in [0.3, 0.4) is 0 Å². The average molecular weight is 375 g/mol. The van der Waals surface area contributed by atoms with Crippen LogP contribution in [-0.4, -0.2) is 29.2 Å². The quantitative estimate of drug-likeness (QED) is 0.589. The fourth-order valence-corrected chi connectivity index (χ4v) is 3.55. The topological polar surface area (TPSA) is 77.1 Å². The van der Waals surface area contributed by atoms with Crippen molar-refractivity contribution in [3.8, 4) is 11.5 Å². The van der Waals surface area contributed by atoms with Crippen LogP contribution in [-0.2, 0) is 6.42 Å². The van der Waals surface area contributed by atoms with Crippen LogP contribution in [0.25, 0.3) is 21.8 Å². The minimum Gasteiger partial charge on any atom is -0.493 e. The van der Waals surface area contributed by atoms with Crippen LogP contribution in [0.1, 0.15) is 22.5 Å². The minimum absolute atomic E-state index is 0.207. The molecule has 0 amide bonds. The molecular formula is C22H21N3O3. The van der Waals surface area contributed by atoms with Gasteiger partial charge in [-0.25, -0.2) is 4.98 Å². The van der Waals surface area contributed by atoms with Crippen molar-refractivity contribution in [2.45, 2.75) is 20.3 Å². The molecule has 0 atom stereocenters. The van der Waals surface area contributed by atoms with E-state index >= 15 is 0 Å². The maximum atomic E-state index is 12.6. The Hall–Kier alpha value is -3.41. The molecule has 0 saturated carbocycles. The summed E-state index contributed by atoms with van der Waals surface area (Å²) in [6.45, 7) is 4.13. The van der Waals surface area contributed by atoms with Gasteiger partial charge in [0, 0.05) is 24.1 Å². The lowest BCUT2D eigenvalue weighted by atomic mass is 10.0. The van der Waals surface area contributed by atoms with E-state index in [-0.39, 0.29) is 5.56 Å². The van der Waals surface area contributed by atoms with E-state index in [0.717, 1.165) is 22.0 Å². The van der Waals surface area contributed by atoms with Gasteiger partial charge in [0.25, 0.3) is 5.56 Å². The number of methoxy groups -OCH3 is 2. The molecule has 2 heterocycles. The Balaban J connectivity index is 1.77. The summed E-state index contributed by atoms with van der Waals surface area (Å²) in [6.07, 6.45) is 2.32. The van der Waals surface area contributed by atoms with Gasteiger partial charge in [0.15, 0.2) is 11.5 Å². The Morgan fingerprint density at radius 2 is 1.75 bits per heavy atom. The SMILES string of the molecule is COc1cc2nc(Cc3cnc4c(C)cc(C)cc4c3)[nH]c(=O)c2cc1OC. The van der Waals surface area contributed by atoms with Crippen molar-refractivity contribution in [1.82, 2.24) is 15.0 Å². The van der Waals surface area contributed by atoms with Crippen molar-refractivity contribution in [2.24, 2.45) is 0 Å². The molecule has 6 heteroatoms. The van der Waals surface area contributed by atoms with Gasteiger partial charge in [-0.3, -0.25) is 9.78 Å². The van der Waals surface area contributed by atoms with Gasteiger partial charge in [0.05, 0.1) is 30.6 Å². The number of pyridine rings is 1. The number of nitrogens with zero attached hydrogens (tertiary/aromatic N) is 2. The van der Waals surface area contributed by atoms with Gasteiger partial charge in [-0.15, -0.1) is 0 Å². The van der Waals surface area contributed by atoms with Gasteiger partial charge < -0.3 is 14.5 Å². The maximum absolute atomic E-state index is 12.6. The van der Waals surface area contributed by atoms with E-state index in [0.29, 0.717) is 34.6 Å². The maximum Gasteiger partial charge on any atom is 0.258 e. The van der Waals surface area contributed by atoms with Crippen molar-refractivity contribution >= 4 is 21.8 Å². The summed E-state index contributed by atoms with van der Waals surface area (Å²) in [5.41, 5.74) is 4.69. The zero-order valence-corrected chi connectivity index (χ0v) is 16.3. The largest absolute Gasteiger partial charge is 0.493 e. The molecule has 0 spiro atoms. The van der Waals surface area contributed by atoms with Crippen molar-refractivity contribution in [3.05, 3.63) is 69.4 Å². The Morgan fingerprint density at radius 3 is 2.50 bits per heavy atom. The highest BCUT2D eigenvalue weighted by Gasteiger charge is 2.12. The number of H-pyrrole nitrogens is 1. The number of benzene rings is 2. The summed E-state index contributed by atoms with van der Waals surface area (Å²) in [6, 6.07) is 9.71. The Morgan fingerprint density at radius 1 is 1.00 bits per heavy atom. The Labute approximate surface area is 162 Å². The van der Waals surface area contributed by atoms with Crippen LogP contribution >= 0.6 is 0 Å². The van der Waals surface area contributed by atoms with E-state index in [4.69, 9.17) is 9.47 Å². The van der Waals surface area contributed by atoms with E-state index in [1.807, 2.05) is 6.20 Å². The summed E-state index contributed by atoms with van der Waals surface area (Å²) >= 11 is 0. The third-order valence-electron chi connectivity index (χ3n) is 4.81. The first-order chi connectivity index (χ1) is 13.5. The number of nitrogens with one attached hydrogen (secondary N) is 1. The van der Waals surface area contributed by atoms with E-state index in [1.54, 1.807) is 19.2 Å². The van der Waals surface area contributed by atoms with Crippen molar-refractivity contribution in [3.63, 3.8) is 0 Å². The first-order valence-electron chi connectivity index (χ1n) is 8.99. The summed E-state index contributed by atoms with van der Waals surface area (Å²) < 4.78 is 10.6. The second kappa shape index (κ2) is 6.96. The number of rotatable bonds is 4. The molecule has 0 radical (unpaired) electrons. The lowest BCUT2D eigenvalue weighted by Crippen LogP contribution is -2.12. The molecule has 6 nitrogen and oxygen atoms in total. The molecule has 0 aliphatic heterocycles. The summed E-state index contributed by atoms with van der Waals surface area (Å²) in [4.78, 5) is 24.6. The molecule has 28 heavy (non-hydrogen) atoms. The predicted octanol–water partition coefficient (Wildman–Crippen LogP) is 3.70. The zero-order chi connectivity index (χ0) is 19.8. The summed E-state index contributed by atoms with van der Waals surface area (Å²) in [5, 5.41) is 1.55. The van der Waals surface area contributed by atoms with Crippen molar-refractivity contribution in [1.29, 1.82) is 0 Å². The lowest BCUT2D eigenvalue weighted by Gasteiger charge is -2.10. The normalized spacial score (nSPS) is 11.1. The molecule has 0 fully saturated rings. The van der Waals surface area contributed by atoms with Crippen LogP contribution in [0.4, 0.5) is 0 Å². The van der Waals surface area contributed by atoms with Crippen molar-refractivity contribution in [2.75, 3.05) is 14.2 Å².